The summed E-state index contributed by atoms with van der Waals surface area (Å²) in [5.74, 6) is -0.421. The summed E-state index contributed by atoms with van der Waals surface area (Å²) in [5.41, 5.74) is 1.40. The van der Waals surface area contributed by atoms with Gasteiger partial charge in [-0.2, -0.15) is 0 Å². The Hall–Kier alpha value is -2.06. The lowest BCUT2D eigenvalue weighted by Gasteiger charge is -2.21. The summed E-state index contributed by atoms with van der Waals surface area (Å²) in [6, 6.07) is 14.1. The zero-order valence-corrected chi connectivity index (χ0v) is 17.2. The van der Waals surface area contributed by atoms with Gasteiger partial charge in [0.2, 0.25) is 5.91 Å². The molecule has 0 unspecified atom stereocenters. The maximum Gasteiger partial charge on any atom is 0.238 e. The SMILES string of the molecule is O=C(CN(CCCO)CCCO)Nc1ccc(Br)cc1C(=O)c1ccccc1. The molecular weight excluding hydrogens is 424 g/mol. The lowest BCUT2D eigenvalue weighted by atomic mass is 10.0. The molecule has 28 heavy (non-hydrogen) atoms. The normalized spacial score (nSPS) is 10.9. The first-order valence-electron chi connectivity index (χ1n) is 9.18. The van der Waals surface area contributed by atoms with Gasteiger partial charge in [-0.1, -0.05) is 46.3 Å². The summed E-state index contributed by atoms with van der Waals surface area (Å²) >= 11 is 3.38. The van der Waals surface area contributed by atoms with Crippen molar-refractivity contribution in [3.63, 3.8) is 0 Å². The number of hydrogen-bond donors (Lipinski definition) is 3. The number of nitrogens with zero attached hydrogens (tertiary/aromatic N) is 1. The molecule has 2 aromatic carbocycles. The van der Waals surface area contributed by atoms with E-state index >= 15 is 0 Å². The van der Waals surface area contributed by atoms with Gasteiger partial charge in [0.05, 0.1) is 12.2 Å². The van der Waals surface area contributed by atoms with Crippen LogP contribution in [0.5, 0.6) is 0 Å². The minimum atomic E-state index is -0.250. The summed E-state index contributed by atoms with van der Waals surface area (Å²) < 4.78 is 0.747. The molecule has 0 saturated heterocycles. The molecule has 2 aromatic rings. The molecule has 6 nitrogen and oxygen atoms in total. The van der Waals surface area contributed by atoms with Crippen LogP contribution in [-0.4, -0.2) is 59.7 Å². The minimum Gasteiger partial charge on any atom is -0.396 e. The lowest BCUT2D eigenvalue weighted by Crippen LogP contribution is -2.35. The van der Waals surface area contributed by atoms with E-state index < -0.39 is 0 Å². The number of halogens is 1. The van der Waals surface area contributed by atoms with Crippen LogP contribution < -0.4 is 5.32 Å². The highest BCUT2D eigenvalue weighted by molar-refractivity contribution is 9.10. The van der Waals surface area contributed by atoms with Crippen LogP contribution in [0, 0.1) is 0 Å². The summed E-state index contributed by atoms with van der Waals surface area (Å²) in [5, 5.41) is 20.9. The smallest absolute Gasteiger partial charge is 0.238 e. The topological polar surface area (TPSA) is 89.9 Å². The number of ketones is 1. The monoisotopic (exact) mass is 448 g/mol. The molecule has 0 radical (unpaired) electrons. The van der Waals surface area contributed by atoms with Gasteiger partial charge in [0, 0.05) is 41.9 Å². The van der Waals surface area contributed by atoms with Crippen LogP contribution in [-0.2, 0) is 4.79 Å². The number of amides is 1. The van der Waals surface area contributed by atoms with Gasteiger partial charge >= 0.3 is 0 Å². The highest BCUT2D eigenvalue weighted by Gasteiger charge is 2.17. The van der Waals surface area contributed by atoms with Gasteiger partial charge in [-0.25, -0.2) is 0 Å². The summed E-state index contributed by atoms with van der Waals surface area (Å²) in [6.07, 6.45) is 1.10. The molecule has 7 heteroatoms. The fraction of sp³-hybridized carbons (Fsp3) is 0.333. The van der Waals surface area contributed by atoms with Gasteiger partial charge < -0.3 is 15.5 Å². The second kappa shape index (κ2) is 11.7. The Labute approximate surface area is 173 Å². The van der Waals surface area contributed by atoms with Crippen molar-refractivity contribution >= 4 is 33.3 Å². The molecule has 1 amide bonds. The van der Waals surface area contributed by atoms with Gasteiger partial charge in [0.25, 0.3) is 0 Å². The maximum absolute atomic E-state index is 12.9. The molecular formula is C21H25BrN2O4. The number of aliphatic hydroxyl groups excluding tert-OH is 2. The van der Waals surface area contributed by atoms with Crippen LogP contribution in [0.4, 0.5) is 5.69 Å². The Morgan fingerprint density at radius 3 is 2.21 bits per heavy atom. The molecule has 0 saturated carbocycles. The predicted octanol–water partition coefficient (Wildman–Crippen LogP) is 2.69. The first kappa shape index (κ1) is 22.2. The first-order chi connectivity index (χ1) is 13.5. The zero-order valence-electron chi connectivity index (χ0n) is 15.6. The molecule has 150 valence electrons. The van der Waals surface area contributed by atoms with Crippen LogP contribution in [0.15, 0.2) is 53.0 Å². The minimum absolute atomic E-state index is 0.0414. The number of benzene rings is 2. The van der Waals surface area contributed by atoms with Gasteiger partial charge in [-0.15, -0.1) is 0 Å². The van der Waals surface area contributed by atoms with E-state index in [-0.39, 0.29) is 31.4 Å². The molecule has 3 N–H and O–H groups in total. The third-order valence-electron chi connectivity index (χ3n) is 4.17. The van der Waals surface area contributed by atoms with Crippen molar-refractivity contribution in [1.82, 2.24) is 4.90 Å². The van der Waals surface area contributed by atoms with E-state index in [1.54, 1.807) is 42.5 Å². The Balaban J connectivity index is 2.14. The first-order valence-corrected chi connectivity index (χ1v) is 9.97. The summed E-state index contributed by atoms with van der Waals surface area (Å²) in [4.78, 5) is 27.3. The van der Waals surface area contributed by atoms with E-state index in [1.807, 2.05) is 11.0 Å². The van der Waals surface area contributed by atoms with E-state index in [0.29, 0.717) is 42.7 Å². The van der Waals surface area contributed by atoms with Crippen LogP contribution in [0.2, 0.25) is 0 Å². The molecule has 0 atom stereocenters. The van der Waals surface area contributed by atoms with Gasteiger partial charge in [0.1, 0.15) is 0 Å². The number of carbonyl (C=O) groups is 2. The fourth-order valence-corrected chi connectivity index (χ4v) is 3.17. The van der Waals surface area contributed by atoms with Crippen molar-refractivity contribution < 1.29 is 19.8 Å². The molecule has 0 aromatic heterocycles. The van der Waals surface area contributed by atoms with E-state index in [1.165, 1.54) is 0 Å². The highest BCUT2D eigenvalue weighted by Crippen LogP contribution is 2.24. The zero-order chi connectivity index (χ0) is 20.4. The summed E-state index contributed by atoms with van der Waals surface area (Å²) in [7, 11) is 0. The molecule has 2 rings (SSSR count). The summed E-state index contributed by atoms with van der Waals surface area (Å²) in [6.45, 7) is 1.31. The average molecular weight is 449 g/mol. The van der Waals surface area contributed by atoms with Crippen LogP contribution in [0.3, 0.4) is 0 Å². The van der Waals surface area contributed by atoms with E-state index in [4.69, 9.17) is 10.2 Å². The van der Waals surface area contributed by atoms with Gasteiger partial charge in [-0.3, -0.25) is 14.5 Å². The Morgan fingerprint density at radius 1 is 0.964 bits per heavy atom. The van der Waals surface area contributed by atoms with Crippen molar-refractivity contribution in [3.05, 3.63) is 64.1 Å². The largest absolute Gasteiger partial charge is 0.396 e. The lowest BCUT2D eigenvalue weighted by molar-refractivity contribution is -0.117. The second-order valence-corrected chi connectivity index (χ2v) is 7.28. The molecule has 0 heterocycles. The highest BCUT2D eigenvalue weighted by atomic mass is 79.9. The molecule has 0 aliphatic rings. The van der Waals surface area contributed by atoms with E-state index in [2.05, 4.69) is 21.2 Å². The van der Waals surface area contributed by atoms with Crippen molar-refractivity contribution in [2.45, 2.75) is 12.8 Å². The van der Waals surface area contributed by atoms with Crippen LogP contribution in [0.25, 0.3) is 0 Å². The van der Waals surface area contributed by atoms with Gasteiger partial charge in [-0.05, 0) is 31.0 Å². The number of anilines is 1. The van der Waals surface area contributed by atoms with E-state index in [9.17, 15) is 9.59 Å². The molecule has 0 aliphatic heterocycles. The van der Waals surface area contributed by atoms with Crippen LogP contribution >= 0.6 is 15.9 Å². The van der Waals surface area contributed by atoms with Gasteiger partial charge in [0.15, 0.2) is 5.78 Å². The number of aliphatic hydroxyl groups is 2. The van der Waals surface area contributed by atoms with E-state index in [0.717, 1.165) is 4.47 Å². The number of rotatable bonds is 11. The fourth-order valence-electron chi connectivity index (χ4n) is 2.81. The Bertz CT molecular complexity index is 775. The third kappa shape index (κ3) is 6.83. The number of nitrogens with one attached hydrogen (secondary N) is 1. The van der Waals surface area contributed by atoms with Crippen LogP contribution in [0.1, 0.15) is 28.8 Å². The van der Waals surface area contributed by atoms with Crippen molar-refractivity contribution in [1.29, 1.82) is 0 Å². The molecule has 0 fully saturated rings. The Morgan fingerprint density at radius 2 is 1.61 bits per heavy atom. The predicted molar refractivity (Wildman–Crippen MR) is 112 cm³/mol. The van der Waals surface area contributed by atoms with Crippen molar-refractivity contribution in [2.75, 3.05) is 38.2 Å². The van der Waals surface area contributed by atoms with Crippen molar-refractivity contribution in [3.8, 4) is 0 Å². The number of hydrogen-bond acceptors (Lipinski definition) is 5. The quantitative estimate of drug-likeness (QED) is 0.459. The average Bonchev–Trinajstić information content (AvgIpc) is 2.71. The second-order valence-electron chi connectivity index (χ2n) is 6.36. The standard InChI is InChI=1S/C21H25BrN2O4/c22-17-8-9-19(18(14-17)21(28)16-6-2-1-3-7-16)23-20(27)15-24(10-4-12-25)11-5-13-26/h1-3,6-9,14,25-26H,4-5,10-13,15H2,(H,23,27). The molecule has 0 aliphatic carbocycles. The molecule has 0 spiro atoms. The van der Waals surface area contributed by atoms with Crippen molar-refractivity contribution in [2.24, 2.45) is 0 Å². The number of carbonyl (C=O) groups excluding carboxylic acids is 2. The maximum atomic E-state index is 12.9. The Kier molecular flexibility index (Phi) is 9.30. The molecule has 0 bridgehead atoms. The third-order valence-corrected chi connectivity index (χ3v) is 4.66.